The Kier molecular flexibility index (Phi) is 5.03. The average molecular weight is 237 g/mol. The molecule has 1 N–H and O–H groups in total. The van der Waals surface area contributed by atoms with Crippen LogP contribution in [-0.4, -0.2) is 29.6 Å². The van der Waals surface area contributed by atoms with Crippen molar-refractivity contribution >= 4 is 17.2 Å². The monoisotopic (exact) mass is 237 g/mol. The lowest BCUT2D eigenvalue weighted by atomic mass is 10.3. The van der Waals surface area contributed by atoms with E-state index in [1.165, 1.54) is 11.3 Å². The van der Waals surface area contributed by atoms with Crippen LogP contribution < -0.4 is 0 Å². The smallest absolute Gasteiger partial charge is 0.222 e. The first-order valence-electron chi connectivity index (χ1n) is 5.08. The number of rotatable bonds is 3. The van der Waals surface area contributed by atoms with Crippen molar-refractivity contribution in [2.24, 2.45) is 0 Å². The van der Waals surface area contributed by atoms with E-state index in [0.717, 1.165) is 10.4 Å². The van der Waals surface area contributed by atoms with E-state index in [1.807, 2.05) is 18.4 Å². The molecule has 0 bridgehead atoms. The number of hydrogen-bond acceptors (Lipinski definition) is 3. The van der Waals surface area contributed by atoms with Crippen molar-refractivity contribution in [1.82, 2.24) is 4.90 Å². The summed E-state index contributed by atoms with van der Waals surface area (Å²) >= 11 is 1.53. The first kappa shape index (κ1) is 12.8. The molecule has 0 spiro atoms. The fourth-order valence-electron chi connectivity index (χ4n) is 1.28. The Morgan fingerprint density at radius 1 is 1.62 bits per heavy atom. The first-order valence-corrected chi connectivity index (χ1v) is 5.96. The number of thiophene rings is 1. The van der Waals surface area contributed by atoms with E-state index in [2.05, 4.69) is 11.8 Å². The predicted octanol–water partition coefficient (Wildman–Crippen LogP) is 1.46. The minimum atomic E-state index is -0.124. The molecule has 1 aromatic rings. The fraction of sp³-hybridized carbons (Fsp3) is 0.417. The summed E-state index contributed by atoms with van der Waals surface area (Å²) in [5.41, 5.74) is 1.08. The van der Waals surface area contributed by atoms with Crippen molar-refractivity contribution < 1.29 is 9.90 Å². The molecule has 3 nitrogen and oxygen atoms in total. The Morgan fingerprint density at radius 3 is 3.00 bits per heavy atom. The normalized spacial score (nSPS) is 9.44. The largest absolute Gasteiger partial charge is 0.384 e. The van der Waals surface area contributed by atoms with Gasteiger partial charge in [0.25, 0.3) is 0 Å². The minimum Gasteiger partial charge on any atom is -0.384 e. The van der Waals surface area contributed by atoms with Gasteiger partial charge in [-0.25, -0.2) is 0 Å². The zero-order valence-electron chi connectivity index (χ0n) is 9.49. The number of carbonyl (C=O) groups excluding carboxylic acids is 1. The number of aliphatic hydroxyl groups excluding tert-OH is 1. The molecular formula is C12H15NO2S. The van der Waals surface area contributed by atoms with Crippen molar-refractivity contribution in [1.29, 1.82) is 0 Å². The molecule has 1 heterocycles. The number of amides is 1. The lowest BCUT2D eigenvalue weighted by Gasteiger charge is -2.14. The van der Waals surface area contributed by atoms with Gasteiger partial charge >= 0.3 is 0 Å². The molecule has 4 heteroatoms. The van der Waals surface area contributed by atoms with Gasteiger partial charge in [-0.15, -0.1) is 11.3 Å². The Labute approximate surface area is 99.7 Å². The molecule has 16 heavy (non-hydrogen) atoms. The fourth-order valence-corrected chi connectivity index (χ4v) is 2.05. The van der Waals surface area contributed by atoms with Crippen LogP contribution in [0.3, 0.4) is 0 Å². The maximum atomic E-state index is 11.4. The van der Waals surface area contributed by atoms with Gasteiger partial charge in [0.15, 0.2) is 0 Å². The van der Waals surface area contributed by atoms with Crippen LogP contribution in [0, 0.1) is 11.8 Å². The SMILES string of the molecule is CCC(=O)N(C)Cc1csc(C#CCO)c1. The van der Waals surface area contributed by atoms with Crippen LogP contribution in [0.5, 0.6) is 0 Å². The van der Waals surface area contributed by atoms with Gasteiger partial charge in [-0.3, -0.25) is 4.79 Å². The van der Waals surface area contributed by atoms with Gasteiger partial charge in [-0.1, -0.05) is 18.8 Å². The van der Waals surface area contributed by atoms with Gasteiger partial charge < -0.3 is 10.0 Å². The lowest BCUT2D eigenvalue weighted by molar-refractivity contribution is -0.130. The van der Waals surface area contributed by atoms with Crippen LogP contribution in [0.1, 0.15) is 23.8 Å². The van der Waals surface area contributed by atoms with E-state index in [9.17, 15) is 4.79 Å². The molecule has 0 aromatic carbocycles. The number of nitrogens with zero attached hydrogens (tertiary/aromatic N) is 1. The van der Waals surface area contributed by atoms with Crippen LogP contribution in [0.25, 0.3) is 0 Å². The van der Waals surface area contributed by atoms with Crippen molar-refractivity contribution in [3.05, 3.63) is 21.9 Å². The van der Waals surface area contributed by atoms with Gasteiger partial charge in [-0.2, -0.15) is 0 Å². The van der Waals surface area contributed by atoms with Gasteiger partial charge in [0.2, 0.25) is 5.91 Å². The summed E-state index contributed by atoms with van der Waals surface area (Å²) in [7, 11) is 1.79. The second-order valence-corrected chi connectivity index (χ2v) is 4.29. The molecule has 0 saturated carbocycles. The summed E-state index contributed by atoms with van der Waals surface area (Å²) in [6.07, 6.45) is 0.526. The van der Waals surface area contributed by atoms with Gasteiger partial charge in [0.1, 0.15) is 6.61 Å². The molecule has 0 unspecified atom stereocenters. The molecular weight excluding hydrogens is 222 g/mol. The summed E-state index contributed by atoms with van der Waals surface area (Å²) in [5, 5.41) is 10.5. The third-order valence-corrected chi connectivity index (χ3v) is 2.99. The van der Waals surface area contributed by atoms with E-state index in [0.29, 0.717) is 13.0 Å². The maximum absolute atomic E-state index is 11.4. The minimum absolute atomic E-state index is 0.124. The number of aliphatic hydroxyl groups is 1. The van der Waals surface area contributed by atoms with Crippen LogP contribution in [0.15, 0.2) is 11.4 Å². The predicted molar refractivity (Wildman–Crippen MR) is 65.0 cm³/mol. The molecule has 0 radical (unpaired) electrons. The average Bonchev–Trinajstić information content (AvgIpc) is 2.72. The number of hydrogen-bond donors (Lipinski definition) is 1. The zero-order chi connectivity index (χ0) is 12.0. The second-order valence-electron chi connectivity index (χ2n) is 3.38. The first-order chi connectivity index (χ1) is 7.67. The van der Waals surface area contributed by atoms with E-state index in [1.54, 1.807) is 11.9 Å². The molecule has 1 rings (SSSR count). The maximum Gasteiger partial charge on any atom is 0.222 e. The molecule has 0 saturated heterocycles. The molecule has 0 fully saturated rings. The van der Waals surface area contributed by atoms with Gasteiger partial charge in [0.05, 0.1) is 4.88 Å². The van der Waals surface area contributed by atoms with Crippen LogP contribution in [-0.2, 0) is 11.3 Å². The quantitative estimate of drug-likeness (QED) is 0.809. The standard InChI is InChI=1S/C12H15NO2S/c1-3-12(15)13(2)8-10-7-11(16-9-10)5-4-6-14/h7,9,14H,3,6,8H2,1-2H3. The summed E-state index contributed by atoms with van der Waals surface area (Å²) in [6, 6.07) is 1.95. The Bertz CT molecular complexity index is 414. The highest BCUT2D eigenvalue weighted by molar-refractivity contribution is 7.10. The topological polar surface area (TPSA) is 40.5 Å². The molecule has 0 aliphatic rings. The molecule has 0 atom stereocenters. The van der Waals surface area contributed by atoms with Gasteiger partial charge in [-0.05, 0) is 17.0 Å². The molecule has 1 amide bonds. The number of carbonyl (C=O) groups is 1. The van der Waals surface area contributed by atoms with Crippen molar-refractivity contribution in [3.63, 3.8) is 0 Å². The Morgan fingerprint density at radius 2 is 2.38 bits per heavy atom. The van der Waals surface area contributed by atoms with E-state index in [-0.39, 0.29) is 12.5 Å². The molecule has 0 aliphatic carbocycles. The molecule has 86 valence electrons. The Balaban J connectivity index is 2.61. The van der Waals surface area contributed by atoms with Crippen LogP contribution >= 0.6 is 11.3 Å². The van der Waals surface area contributed by atoms with Gasteiger partial charge in [0, 0.05) is 20.0 Å². The molecule has 0 aliphatic heterocycles. The second kappa shape index (κ2) is 6.31. The van der Waals surface area contributed by atoms with Crippen LogP contribution in [0.4, 0.5) is 0 Å². The highest BCUT2D eigenvalue weighted by Crippen LogP contribution is 2.15. The Hall–Kier alpha value is -1.31. The summed E-state index contributed by atoms with van der Waals surface area (Å²) in [5.74, 6) is 5.58. The van der Waals surface area contributed by atoms with Crippen molar-refractivity contribution in [2.75, 3.05) is 13.7 Å². The summed E-state index contributed by atoms with van der Waals surface area (Å²) in [6.45, 7) is 2.34. The zero-order valence-corrected chi connectivity index (χ0v) is 10.3. The van der Waals surface area contributed by atoms with Crippen molar-refractivity contribution in [3.8, 4) is 11.8 Å². The highest BCUT2D eigenvalue weighted by Gasteiger charge is 2.07. The van der Waals surface area contributed by atoms with E-state index < -0.39 is 0 Å². The summed E-state index contributed by atoms with van der Waals surface area (Å²) < 4.78 is 0. The molecule has 1 aromatic heterocycles. The third kappa shape index (κ3) is 3.69. The summed E-state index contributed by atoms with van der Waals surface area (Å²) in [4.78, 5) is 14.0. The highest BCUT2D eigenvalue weighted by atomic mass is 32.1. The third-order valence-electron chi connectivity index (χ3n) is 2.09. The van der Waals surface area contributed by atoms with Crippen LogP contribution in [0.2, 0.25) is 0 Å². The van der Waals surface area contributed by atoms with Crippen molar-refractivity contribution in [2.45, 2.75) is 19.9 Å². The van der Waals surface area contributed by atoms with E-state index in [4.69, 9.17) is 5.11 Å². The van der Waals surface area contributed by atoms with E-state index >= 15 is 0 Å². The lowest BCUT2D eigenvalue weighted by Crippen LogP contribution is -2.24.